The Morgan fingerprint density at radius 1 is 1.06 bits per heavy atom. The number of ether oxygens (including phenoxy) is 1. The van der Waals surface area contributed by atoms with E-state index in [9.17, 15) is 8.78 Å². The van der Waals surface area contributed by atoms with E-state index in [1.54, 1.807) is 0 Å². The van der Waals surface area contributed by atoms with Crippen LogP contribution < -0.4 is 4.74 Å². The first-order valence-electron chi connectivity index (χ1n) is 5.08. The van der Waals surface area contributed by atoms with E-state index in [2.05, 4.69) is 15.9 Å². The van der Waals surface area contributed by atoms with Crippen LogP contribution in [0, 0.1) is 11.6 Å². The average molecular weight is 334 g/mol. The summed E-state index contributed by atoms with van der Waals surface area (Å²) >= 11 is 9.09. The third kappa shape index (κ3) is 3.21. The van der Waals surface area contributed by atoms with E-state index in [1.807, 2.05) is 0 Å². The summed E-state index contributed by atoms with van der Waals surface area (Å²) in [5, 5.41) is 0.426. The second-order valence-electron chi connectivity index (χ2n) is 3.60. The molecule has 0 radical (unpaired) electrons. The summed E-state index contributed by atoms with van der Waals surface area (Å²) in [7, 11) is 0. The number of hydrogen-bond donors (Lipinski definition) is 0. The minimum Gasteiger partial charge on any atom is -0.488 e. The van der Waals surface area contributed by atoms with Gasteiger partial charge in [0.25, 0.3) is 0 Å². The Balaban J connectivity index is 2.13. The number of halogens is 4. The number of benzene rings is 2. The fourth-order valence-electron chi connectivity index (χ4n) is 1.40. The van der Waals surface area contributed by atoms with Crippen molar-refractivity contribution in [1.29, 1.82) is 0 Å². The molecule has 0 aliphatic rings. The van der Waals surface area contributed by atoms with Crippen molar-refractivity contribution in [3.8, 4) is 5.75 Å². The smallest absolute Gasteiger partial charge is 0.134 e. The molecule has 0 unspecified atom stereocenters. The summed E-state index contributed by atoms with van der Waals surface area (Å²) in [6, 6.07) is 8.12. The van der Waals surface area contributed by atoms with Crippen molar-refractivity contribution in [3.05, 3.63) is 63.1 Å². The zero-order valence-corrected chi connectivity index (χ0v) is 11.4. The largest absolute Gasteiger partial charge is 0.488 e. The topological polar surface area (TPSA) is 9.23 Å². The second kappa shape index (κ2) is 5.67. The van der Waals surface area contributed by atoms with Crippen molar-refractivity contribution >= 4 is 27.5 Å². The highest BCUT2D eigenvalue weighted by Crippen LogP contribution is 2.27. The van der Waals surface area contributed by atoms with Crippen LogP contribution in [0.5, 0.6) is 5.75 Å². The van der Waals surface area contributed by atoms with E-state index in [1.165, 1.54) is 36.4 Å². The molecule has 0 N–H and O–H groups in total. The molecule has 2 aromatic rings. The molecule has 18 heavy (non-hydrogen) atoms. The van der Waals surface area contributed by atoms with Gasteiger partial charge in [-0.25, -0.2) is 8.78 Å². The van der Waals surface area contributed by atoms with Crippen molar-refractivity contribution < 1.29 is 13.5 Å². The lowest BCUT2D eigenvalue weighted by Crippen LogP contribution is -1.98. The molecule has 0 amide bonds. The van der Waals surface area contributed by atoms with Crippen LogP contribution in [0.15, 0.2) is 40.9 Å². The minimum absolute atomic E-state index is 0.112. The summed E-state index contributed by atoms with van der Waals surface area (Å²) in [6.07, 6.45) is 0. The molecule has 0 saturated heterocycles. The van der Waals surface area contributed by atoms with Gasteiger partial charge in [-0.2, -0.15) is 0 Å². The van der Waals surface area contributed by atoms with E-state index < -0.39 is 0 Å². The molecule has 0 bridgehead atoms. The van der Waals surface area contributed by atoms with Crippen molar-refractivity contribution in [2.45, 2.75) is 6.61 Å². The zero-order chi connectivity index (χ0) is 13.1. The maximum Gasteiger partial charge on any atom is 0.134 e. The molecule has 1 nitrogen and oxygen atoms in total. The molecule has 0 spiro atoms. The van der Waals surface area contributed by atoms with Gasteiger partial charge in [-0.3, -0.25) is 0 Å². The van der Waals surface area contributed by atoms with Crippen LogP contribution in [-0.2, 0) is 6.61 Å². The molecular formula is C13H8BrClF2O. The minimum atomic E-state index is -0.379. The Morgan fingerprint density at radius 3 is 2.44 bits per heavy atom. The molecule has 0 fully saturated rings. The Kier molecular flexibility index (Phi) is 4.19. The van der Waals surface area contributed by atoms with Crippen molar-refractivity contribution in [3.63, 3.8) is 0 Å². The van der Waals surface area contributed by atoms with Crippen LogP contribution in [0.4, 0.5) is 8.78 Å². The summed E-state index contributed by atoms with van der Waals surface area (Å²) < 4.78 is 31.8. The second-order valence-corrected chi connectivity index (χ2v) is 4.86. The van der Waals surface area contributed by atoms with Gasteiger partial charge in [0, 0.05) is 10.6 Å². The first-order chi connectivity index (χ1) is 8.56. The molecular weight excluding hydrogens is 325 g/mol. The summed E-state index contributed by atoms with van der Waals surface area (Å²) in [5.74, 6) is -0.272. The van der Waals surface area contributed by atoms with Gasteiger partial charge in [-0.15, -0.1) is 0 Å². The number of hydrogen-bond acceptors (Lipinski definition) is 1. The summed E-state index contributed by atoms with van der Waals surface area (Å²) in [4.78, 5) is 0. The predicted octanol–water partition coefficient (Wildman–Crippen LogP) is 4.96. The van der Waals surface area contributed by atoms with E-state index >= 15 is 0 Å². The average Bonchev–Trinajstić information content (AvgIpc) is 2.32. The molecule has 5 heteroatoms. The predicted molar refractivity (Wildman–Crippen MR) is 69.8 cm³/mol. The maximum atomic E-state index is 13.0. The van der Waals surface area contributed by atoms with E-state index in [0.29, 0.717) is 20.8 Å². The van der Waals surface area contributed by atoms with Gasteiger partial charge in [-0.1, -0.05) is 11.6 Å². The Labute approximate surface area is 116 Å². The SMILES string of the molecule is Fc1ccc(OCc2cc(F)ccc2Cl)c(Br)c1. The van der Waals surface area contributed by atoms with Gasteiger partial charge in [0.15, 0.2) is 0 Å². The molecule has 0 aliphatic heterocycles. The highest BCUT2D eigenvalue weighted by molar-refractivity contribution is 9.10. The van der Waals surface area contributed by atoms with Crippen LogP contribution in [0.25, 0.3) is 0 Å². The molecule has 0 atom stereocenters. The Morgan fingerprint density at radius 2 is 1.72 bits per heavy atom. The normalized spacial score (nSPS) is 10.4. The maximum absolute atomic E-state index is 13.0. The molecule has 0 aromatic heterocycles. The lowest BCUT2D eigenvalue weighted by Gasteiger charge is -2.09. The lowest BCUT2D eigenvalue weighted by molar-refractivity contribution is 0.303. The first-order valence-corrected chi connectivity index (χ1v) is 6.25. The Bertz CT molecular complexity index is 575. The fraction of sp³-hybridized carbons (Fsp3) is 0.0769. The zero-order valence-electron chi connectivity index (χ0n) is 9.09. The third-order valence-electron chi connectivity index (χ3n) is 2.28. The standard InChI is InChI=1S/C13H8BrClF2O/c14-11-6-10(17)2-4-13(11)18-7-8-5-9(16)1-3-12(8)15/h1-6H,7H2. The van der Waals surface area contributed by atoms with E-state index in [4.69, 9.17) is 16.3 Å². The molecule has 0 heterocycles. The molecule has 2 aromatic carbocycles. The first kappa shape index (κ1) is 13.3. The van der Waals surface area contributed by atoms with Gasteiger partial charge < -0.3 is 4.74 Å². The van der Waals surface area contributed by atoms with Crippen LogP contribution >= 0.6 is 27.5 Å². The highest BCUT2D eigenvalue weighted by atomic mass is 79.9. The van der Waals surface area contributed by atoms with Gasteiger partial charge >= 0.3 is 0 Å². The molecule has 0 saturated carbocycles. The van der Waals surface area contributed by atoms with Gasteiger partial charge in [0.1, 0.15) is 24.0 Å². The van der Waals surface area contributed by atoms with Gasteiger partial charge in [-0.05, 0) is 52.3 Å². The molecule has 0 aliphatic carbocycles. The molecule has 2 rings (SSSR count). The van der Waals surface area contributed by atoms with Crippen LogP contribution in [0.3, 0.4) is 0 Å². The fourth-order valence-corrected chi connectivity index (χ4v) is 2.04. The number of rotatable bonds is 3. The van der Waals surface area contributed by atoms with Crippen molar-refractivity contribution in [2.75, 3.05) is 0 Å². The van der Waals surface area contributed by atoms with Crippen LogP contribution in [-0.4, -0.2) is 0 Å². The van der Waals surface area contributed by atoms with Crippen LogP contribution in [0.2, 0.25) is 5.02 Å². The summed E-state index contributed by atoms with van der Waals surface area (Å²) in [5.41, 5.74) is 0.535. The highest BCUT2D eigenvalue weighted by Gasteiger charge is 2.06. The van der Waals surface area contributed by atoms with E-state index in [0.717, 1.165) is 0 Å². The Hall–Kier alpha value is -1.13. The summed E-state index contributed by atoms with van der Waals surface area (Å²) in [6.45, 7) is 0.112. The van der Waals surface area contributed by atoms with Gasteiger partial charge in [0.2, 0.25) is 0 Å². The third-order valence-corrected chi connectivity index (χ3v) is 3.27. The van der Waals surface area contributed by atoms with Crippen molar-refractivity contribution in [2.24, 2.45) is 0 Å². The molecule has 94 valence electrons. The van der Waals surface area contributed by atoms with Crippen molar-refractivity contribution in [1.82, 2.24) is 0 Å². The quantitative estimate of drug-likeness (QED) is 0.771. The van der Waals surface area contributed by atoms with Crippen LogP contribution in [0.1, 0.15) is 5.56 Å². The van der Waals surface area contributed by atoms with E-state index in [-0.39, 0.29) is 18.2 Å². The van der Waals surface area contributed by atoms with Gasteiger partial charge in [0.05, 0.1) is 4.47 Å². The monoisotopic (exact) mass is 332 g/mol. The lowest BCUT2D eigenvalue weighted by atomic mass is 10.2.